The van der Waals surface area contributed by atoms with Crippen LogP contribution in [-0.2, 0) is 10.2 Å². The highest BCUT2D eigenvalue weighted by atomic mass is 16.6. The predicted molar refractivity (Wildman–Crippen MR) is 64.4 cm³/mol. The van der Waals surface area contributed by atoms with Crippen molar-refractivity contribution in [1.82, 2.24) is 15.5 Å². The van der Waals surface area contributed by atoms with E-state index in [1.54, 1.807) is 20.8 Å². The van der Waals surface area contributed by atoms with E-state index in [9.17, 15) is 9.59 Å². The van der Waals surface area contributed by atoms with Gasteiger partial charge in [-0.25, -0.2) is 9.59 Å². The van der Waals surface area contributed by atoms with Crippen LogP contribution in [0.3, 0.4) is 0 Å². The fraction of sp³-hybridized carbons (Fsp3) is 0.727. The molecule has 0 aromatic carbocycles. The molecule has 0 atom stereocenters. The molecule has 1 amide bonds. The number of rotatable bonds is 3. The summed E-state index contributed by atoms with van der Waals surface area (Å²) in [5.74, 6) is -0.237. The molecular formula is C11H19N3O4. The Morgan fingerprint density at radius 2 is 2.00 bits per heavy atom. The molecule has 1 heterocycles. The molecule has 7 heteroatoms. The summed E-state index contributed by atoms with van der Waals surface area (Å²) in [5, 5.41) is 6.23. The maximum Gasteiger partial charge on any atom is 0.438 e. The predicted octanol–water partition coefficient (Wildman–Crippen LogP) is 1.17. The van der Waals surface area contributed by atoms with Crippen LogP contribution in [0.5, 0.6) is 0 Å². The van der Waals surface area contributed by atoms with Gasteiger partial charge in [-0.1, -0.05) is 19.0 Å². The van der Waals surface area contributed by atoms with E-state index in [4.69, 9.17) is 4.74 Å². The number of hydrogen-bond donors (Lipinski definition) is 2. The number of aromatic nitrogens is 2. The summed E-state index contributed by atoms with van der Waals surface area (Å²) >= 11 is 0. The average Bonchev–Trinajstić information content (AvgIpc) is 2.60. The highest BCUT2D eigenvalue weighted by Gasteiger charge is 2.27. The molecule has 0 aliphatic rings. The molecule has 0 radical (unpaired) electrons. The molecule has 0 aliphatic heterocycles. The van der Waals surface area contributed by atoms with Crippen molar-refractivity contribution < 1.29 is 14.1 Å². The van der Waals surface area contributed by atoms with Gasteiger partial charge >= 0.3 is 11.8 Å². The molecule has 2 N–H and O–H groups in total. The van der Waals surface area contributed by atoms with Gasteiger partial charge in [0, 0.05) is 12.0 Å². The van der Waals surface area contributed by atoms with Gasteiger partial charge in [0.2, 0.25) is 0 Å². The second kappa shape index (κ2) is 4.83. The maximum atomic E-state index is 11.5. The number of carbonyl (C=O) groups is 1. The molecule has 0 fully saturated rings. The molecule has 0 saturated heterocycles. The van der Waals surface area contributed by atoms with Crippen molar-refractivity contribution >= 4 is 6.09 Å². The lowest BCUT2D eigenvalue weighted by Crippen LogP contribution is -2.40. The van der Waals surface area contributed by atoms with Crippen LogP contribution in [0, 0.1) is 0 Å². The van der Waals surface area contributed by atoms with Crippen molar-refractivity contribution in [2.75, 3.05) is 6.54 Å². The van der Waals surface area contributed by atoms with Crippen LogP contribution >= 0.6 is 0 Å². The van der Waals surface area contributed by atoms with Gasteiger partial charge in [0.25, 0.3) is 0 Å². The van der Waals surface area contributed by atoms with Crippen LogP contribution in [0.2, 0.25) is 0 Å². The summed E-state index contributed by atoms with van der Waals surface area (Å²) < 4.78 is 9.54. The lowest BCUT2D eigenvalue weighted by Gasteiger charge is -2.24. The van der Waals surface area contributed by atoms with E-state index in [0.717, 1.165) is 0 Å². The molecule has 1 aromatic rings. The van der Waals surface area contributed by atoms with E-state index in [2.05, 4.69) is 20.0 Å². The van der Waals surface area contributed by atoms with Crippen molar-refractivity contribution in [3.8, 4) is 0 Å². The molecule has 7 nitrogen and oxygen atoms in total. The fourth-order valence-electron chi connectivity index (χ4n) is 1.21. The summed E-state index contributed by atoms with van der Waals surface area (Å²) in [7, 11) is 0. The summed E-state index contributed by atoms with van der Waals surface area (Å²) in [5.41, 5.74) is -1.10. The molecular weight excluding hydrogens is 238 g/mol. The second-order valence-corrected chi connectivity index (χ2v) is 5.68. The average molecular weight is 257 g/mol. The minimum atomic E-state index is -0.615. The third-order valence-corrected chi connectivity index (χ3v) is 2.15. The van der Waals surface area contributed by atoms with Gasteiger partial charge in [-0.05, 0) is 20.8 Å². The van der Waals surface area contributed by atoms with E-state index in [0.29, 0.717) is 5.82 Å². The van der Waals surface area contributed by atoms with Crippen LogP contribution in [-0.4, -0.2) is 28.4 Å². The zero-order valence-corrected chi connectivity index (χ0v) is 11.3. The largest absolute Gasteiger partial charge is 0.444 e. The van der Waals surface area contributed by atoms with E-state index < -0.39 is 22.9 Å². The van der Waals surface area contributed by atoms with Crippen LogP contribution in [0.25, 0.3) is 0 Å². The second-order valence-electron chi connectivity index (χ2n) is 5.68. The highest BCUT2D eigenvalue weighted by Crippen LogP contribution is 2.17. The molecule has 0 bridgehead atoms. The smallest absolute Gasteiger partial charge is 0.438 e. The number of ether oxygens (including phenoxy) is 1. The van der Waals surface area contributed by atoms with Crippen LogP contribution < -0.4 is 11.1 Å². The van der Waals surface area contributed by atoms with Gasteiger partial charge in [0.1, 0.15) is 5.60 Å². The standard InChI is InChI=1S/C11H19N3O4/c1-10(2,3)17-8(15)12-6-11(4,5)7-13-9(16)18-14-7/h6H2,1-5H3,(H,12,15)(H,13,14,16). The monoisotopic (exact) mass is 257 g/mol. The Kier molecular flexibility index (Phi) is 3.83. The van der Waals surface area contributed by atoms with Crippen LogP contribution in [0.4, 0.5) is 4.79 Å². The van der Waals surface area contributed by atoms with Gasteiger partial charge in [0.05, 0.1) is 0 Å². The summed E-state index contributed by atoms with van der Waals surface area (Å²) in [4.78, 5) is 24.8. The fourth-order valence-corrected chi connectivity index (χ4v) is 1.21. The first-order chi connectivity index (χ1) is 8.10. The van der Waals surface area contributed by atoms with Gasteiger partial charge < -0.3 is 10.1 Å². The number of amides is 1. The SMILES string of the molecule is CC(C)(C)OC(=O)NCC(C)(C)c1noc(=O)[nH]1. The molecule has 102 valence electrons. The van der Waals surface area contributed by atoms with E-state index in [1.807, 2.05) is 13.8 Å². The normalized spacial score (nSPS) is 12.3. The Labute approximate surface area is 105 Å². The Bertz CT molecular complexity index is 467. The van der Waals surface area contributed by atoms with Crippen molar-refractivity contribution in [1.29, 1.82) is 0 Å². The van der Waals surface area contributed by atoms with Gasteiger partial charge in [-0.2, -0.15) is 0 Å². The third kappa shape index (κ3) is 4.23. The lowest BCUT2D eigenvalue weighted by molar-refractivity contribution is 0.0516. The number of H-pyrrole nitrogens is 1. The van der Waals surface area contributed by atoms with Crippen molar-refractivity contribution in [3.05, 3.63) is 16.4 Å². The van der Waals surface area contributed by atoms with Crippen LogP contribution in [0.15, 0.2) is 9.32 Å². The maximum absolute atomic E-state index is 11.5. The number of aromatic amines is 1. The summed E-state index contributed by atoms with van der Waals surface area (Å²) in [6.45, 7) is 9.26. The number of alkyl carbamates (subject to hydrolysis) is 1. The molecule has 18 heavy (non-hydrogen) atoms. The zero-order chi connectivity index (χ0) is 14.0. The number of carbonyl (C=O) groups excluding carboxylic acids is 1. The topological polar surface area (TPSA) is 97.2 Å². The molecule has 0 aliphatic carbocycles. The first-order valence-corrected chi connectivity index (χ1v) is 5.63. The van der Waals surface area contributed by atoms with Crippen molar-refractivity contribution in [3.63, 3.8) is 0 Å². The molecule has 1 aromatic heterocycles. The van der Waals surface area contributed by atoms with Gasteiger partial charge in [0.15, 0.2) is 5.82 Å². The summed E-state index contributed by atoms with van der Waals surface area (Å²) in [6, 6.07) is 0. The van der Waals surface area contributed by atoms with Crippen molar-refractivity contribution in [2.45, 2.75) is 45.6 Å². The zero-order valence-electron chi connectivity index (χ0n) is 11.3. The van der Waals surface area contributed by atoms with E-state index in [-0.39, 0.29) is 6.54 Å². The quantitative estimate of drug-likeness (QED) is 0.847. The number of nitrogens with one attached hydrogen (secondary N) is 2. The first kappa shape index (κ1) is 14.3. The Hall–Kier alpha value is -1.79. The number of nitrogens with zero attached hydrogens (tertiary/aromatic N) is 1. The Morgan fingerprint density at radius 1 is 1.39 bits per heavy atom. The molecule has 0 unspecified atom stereocenters. The summed E-state index contributed by atoms with van der Waals surface area (Å²) in [6.07, 6.45) is -0.513. The van der Waals surface area contributed by atoms with Gasteiger partial charge in [-0.15, -0.1) is 0 Å². The minimum absolute atomic E-state index is 0.268. The molecule has 1 rings (SSSR count). The number of hydrogen-bond acceptors (Lipinski definition) is 5. The van der Waals surface area contributed by atoms with Crippen LogP contribution in [0.1, 0.15) is 40.4 Å². The van der Waals surface area contributed by atoms with E-state index >= 15 is 0 Å². The highest BCUT2D eigenvalue weighted by molar-refractivity contribution is 5.67. The Balaban J connectivity index is 2.57. The van der Waals surface area contributed by atoms with Crippen molar-refractivity contribution in [2.24, 2.45) is 0 Å². The lowest BCUT2D eigenvalue weighted by atomic mass is 9.93. The molecule has 0 saturated carbocycles. The van der Waals surface area contributed by atoms with Gasteiger partial charge in [-0.3, -0.25) is 9.51 Å². The Morgan fingerprint density at radius 3 is 2.44 bits per heavy atom. The first-order valence-electron chi connectivity index (χ1n) is 5.63. The van der Waals surface area contributed by atoms with E-state index in [1.165, 1.54) is 0 Å². The third-order valence-electron chi connectivity index (χ3n) is 2.15. The minimum Gasteiger partial charge on any atom is -0.444 e. The molecule has 0 spiro atoms.